The minimum absolute atomic E-state index is 0.138. The molecule has 0 saturated carbocycles. The molecule has 2 aromatic carbocycles. The maximum absolute atomic E-state index is 13.2. The molecule has 1 saturated heterocycles. The SMILES string of the molecule is Cc1ccccc1NC(=O)N(CCCN1CCOCC1)Cc1ccc(F)cc1. The monoisotopic (exact) mass is 385 g/mol. The van der Waals surface area contributed by atoms with E-state index in [-0.39, 0.29) is 11.8 Å². The largest absolute Gasteiger partial charge is 0.379 e. The van der Waals surface area contributed by atoms with Crippen LogP contribution in [0.15, 0.2) is 48.5 Å². The zero-order valence-corrected chi connectivity index (χ0v) is 16.4. The predicted octanol–water partition coefficient (Wildman–Crippen LogP) is 3.89. The van der Waals surface area contributed by atoms with Gasteiger partial charge in [-0.15, -0.1) is 0 Å². The molecule has 0 atom stereocenters. The zero-order valence-electron chi connectivity index (χ0n) is 16.4. The fourth-order valence-corrected chi connectivity index (χ4v) is 3.28. The smallest absolute Gasteiger partial charge is 0.322 e. The molecular weight excluding hydrogens is 357 g/mol. The van der Waals surface area contributed by atoms with E-state index in [9.17, 15) is 9.18 Å². The van der Waals surface area contributed by atoms with Gasteiger partial charge in [0.25, 0.3) is 0 Å². The molecule has 3 rings (SSSR count). The summed E-state index contributed by atoms with van der Waals surface area (Å²) in [5.41, 5.74) is 2.74. The number of hydrogen-bond acceptors (Lipinski definition) is 3. The first-order valence-corrected chi connectivity index (χ1v) is 9.78. The third-order valence-corrected chi connectivity index (χ3v) is 4.97. The third-order valence-electron chi connectivity index (χ3n) is 4.97. The van der Waals surface area contributed by atoms with Crippen LogP contribution in [0.25, 0.3) is 0 Å². The van der Waals surface area contributed by atoms with E-state index >= 15 is 0 Å². The van der Waals surface area contributed by atoms with Gasteiger partial charge in [-0.25, -0.2) is 9.18 Å². The second-order valence-corrected chi connectivity index (χ2v) is 7.10. The zero-order chi connectivity index (χ0) is 19.8. The molecular formula is C22H28FN3O2. The first kappa shape index (κ1) is 20.3. The van der Waals surface area contributed by atoms with Crippen LogP contribution in [-0.2, 0) is 11.3 Å². The van der Waals surface area contributed by atoms with Gasteiger partial charge in [0.15, 0.2) is 0 Å². The molecule has 6 heteroatoms. The lowest BCUT2D eigenvalue weighted by molar-refractivity contribution is 0.0365. The summed E-state index contributed by atoms with van der Waals surface area (Å²) in [6, 6.07) is 13.9. The number of benzene rings is 2. The summed E-state index contributed by atoms with van der Waals surface area (Å²) in [7, 11) is 0. The van der Waals surface area contributed by atoms with Crippen LogP contribution >= 0.6 is 0 Å². The number of nitrogens with zero attached hydrogens (tertiary/aromatic N) is 2. The summed E-state index contributed by atoms with van der Waals surface area (Å²) in [6.07, 6.45) is 0.877. The van der Waals surface area contributed by atoms with Gasteiger partial charge in [-0.2, -0.15) is 0 Å². The lowest BCUT2D eigenvalue weighted by Gasteiger charge is -2.28. The quantitative estimate of drug-likeness (QED) is 0.786. The fraction of sp³-hybridized carbons (Fsp3) is 0.409. The van der Waals surface area contributed by atoms with Crippen LogP contribution in [0.3, 0.4) is 0 Å². The van der Waals surface area contributed by atoms with Crippen LogP contribution in [-0.4, -0.2) is 55.2 Å². The Bertz CT molecular complexity index is 761. The summed E-state index contributed by atoms with van der Waals surface area (Å²) >= 11 is 0. The molecule has 5 nitrogen and oxygen atoms in total. The lowest BCUT2D eigenvalue weighted by atomic mass is 10.2. The first-order valence-electron chi connectivity index (χ1n) is 9.78. The number of urea groups is 1. The van der Waals surface area contributed by atoms with Gasteiger partial charge in [-0.1, -0.05) is 30.3 Å². The number of ether oxygens (including phenoxy) is 1. The summed E-state index contributed by atoms with van der Waals surface area (Å²) in [6.45, 7) is 7.40. The number of para-hydroxylation sites is 1. The molecule has 1 aliphatic heterocycles. The maximum atomic E-state index is 13.2. The van der Waals surface area contributed by atoms with E-state index in [0.717, 1.165) is 56.1 Å². The number of aryl methyl sites for hydroxylation is 1. The number of carbonyl (C=O) groups excluding carboxylic acids is 1. The van der Waals surface area contributed by atoms with Crippen molar-refractivity contribution in [3.05, 3.63) is 65.5 Å². The van der Waals surface area contributed by atoms with E-state index in [2.05, 4.69) is 10.2 Å². The number of hydrogen-bond donors (Lipinski definition) is 1. The number of morpholine rings is 1. The standard InChI is InChI=1S/C22H28FN3O2/c1-18-5-2-3-6-21(18)24-22(27)26(17-19-7-9-20(23)10-8-19)12-4-11-25-13-15-28-16-14-25/h2-3,5-10H,4,11-17H2,1H3,(H,24,27). The highest BCUT2D eigenvalue weighted by Gasteiger charge is 2.16. The topological polar surface area (TPSA) is 44.8 Å². The average Bonchev–Trinajstić information content (AvgIpc) is 2.71. The third kappa shape index (κ3) is 6.04. The van der Waals surface area contributed by atoms with E-state index in [1.165, 1.54) is 12.1 Å². The molecule has 1 heterocycles. The molecule has 28 heavy (non-hydrogen) atoms. The number of nitrogens with one attached hydrogen (secondary N) is 1. The van der Waals surface area contributed by atoms with Crippen molar-refractivity contribution in [2.24, 2.45) is 0 Å². The Hall–Kier alpha value is -2.44. The molecule has 2 amide bonds. The van der Waals surface area contributed by atoms with Crippen LogP contribution in [0, 0.1) is 12.7 Å². The molecule has 0 unspecified atom stereocenters. The Morgan fingerprint density at radius 1 is 1.14 bits per heavy atom. The number of halogens is 1. The van der Waals surface area contributed by atoms with Crippen LogP contribution < -0.4 is 5.32 Å². The fourth-order valence-electron chi connectivity index (χ4n) is 3.28. The van der Waals surface area contributed by atoms with Crippen molar-refractivity contribution in [2.45, 2.75) is 19.9 Å². The van der Waals surface area contributed by atoms with Gasteiger partial charge in [-0.3, -0.25) is 4.90 Å². The van der Waals surface area contributed by atoms with Crippen molar-refractivity contribution in [1.29, 1.82) is 0 Å². The molecule has 1 fully saturated rings. The molecule has 1 N–H and O–H groups in total. The lowest BCUT2D eigenvalue weighted by Crippen LogP contribution is -2.40. The summed E-state index contributed by atoms with van der Waals surface area (Å²) in [4.78, 5) is 17.1. The molecule has 0 radical (unpaired) electrons. The Balaban J connectivity index is 1.63. The number of amides is 2. The minimum atomic E-state index is -0.271. The Morgan fingerprint density at radius 2 is 1.86 bits per heavy atom. The van der Waals surface area contributed by atoms with E-state index in [0.29, 0.717) is 13.1 Å². The Kier molecular flexibility index (Phi) is 7.39. The Labute approximate surface area is 166 Å². The summed E-state index contributed by atoms with van der Waals surface area (Å²) in [5.74, 6) is -0.271. The highest BCUT2D eigenvalue weighted by atomic mass is 19.1. The molecule has 0 aromatic heterocycles. The highest BCUT2D eigenvalue weighted by molar-refractivity contribution is 5.90. The van der Waals surface area contributed by atoms with Crippen molar-refractivity contribution in [3.8, 4) is 0 Å². The van der Waals surface area contributed by atoms with Gasteiger partial charge < -0.3 is 15.0 Å². The van der Waals surface area contributed by atoms with Crippen molar-refractivity contribution in [3.63, 3.8) is 0 Å². The molecule has 1 aliphatic rings. The minimum Gasteiger partial charge on any atom is -0.379 e. The molecule has 150 valence electrons. The van der Waals surface area contributed by atoms with Crippen LogP contribution in [0.1, 0.15) is 17.5 Å². The molecule has 2 aromatic rings. The number of anilines is 1. The summed E-state index contributed by atoms with van der Waals surface area (Å²) < 4.78 is 18.6. The predicted molar refractivity (Wildman–Crippen MR) is 109 cm³/mol. The second-order valence-electron chi connectivity index (χ2n) is 7.10. The Morgan fingerprint density at radius 3 is 2.57 bits per heavy atom. The van der Waals surface area contributed by atoms with Gasteiger partial charge in [0, 0.05) is 38.4 Å². The molecule has 0 bridgehead atoms. The van der Waals surface area contributed by atoms with Crippen molar-refractivity contribution >= 4 is 11.7 Å². The average molecular weight is 385 g/mol. The van der Waals surface area contributed by atoms with Crippen LogP contribution in [0.2, 0.25) is 0 Å². The first-order chi connectivity index (χ1) is 13.6. The van der Waals surface area contributed by atoms with Crippen LogP contribution in [0.5, 0.6) is 0 Å². The van der Waals surface area contributed by atoms with Gasteiger partial charge >= 0.3 is 6.03 Å². The van der Waals surface area contributed by atoms with Crippen molar-refractivity contribution in [1.82, 2.24) is 9.80 Å². The highest BCUT2D eigenvalue weighted by Crippen LogP contribution is 2.15. The number of carbonyl (C=O) groups is 1. The normalized spacial score (nSPS) is 14.6. The van der Waals surface area contributed by atoms with E-state index in [1.54, 1.807) is 17.0 Å². The van der Waals surface area contributed by atoms with Gasteiger partial charge in [0.1, 0.15) is 5.82 Å². The van der Waals surface area contributed by atoms with E-state index in [1.807, 2.05) is 31.2 Å². The van der Waals surface area contributed by atoms with E-state index in [4.69, 9.17) is 4.74 Å². The van der Waals surface area contributed by atoms with E-state index < -0.39 is 0 Å². The van der Waals surface area contributed by atoms with Crippen molar-refractivity contribution in [2.75, 3.05) is 44.7 Å². The van der Waals surface area contributed by atoms with Gasteiger partial charge in [0.2, 0.25) is 0 Å². The van der Waals surface area contributed by atoms with Crippen LogP contribution in [0.4, 0.5) is 14.9 Å². The molecule has 0 aliphatic carbocycles. The number of rotatable bonds is 7. The second kappa shape index (κ2) is 10.2. The maximum Gasteiger partial charge on any atom is 0.322 e. The van der Waals surface area contributed by atoms with Gasteiger partial charge in [0.05, 0.1) is 13.2 Å². The molecule has 0 spiro atoms. The van der Waals surface area contributed by atoms with Gasteiger partial charge in [-0.05, 0) is 42.7 Å². The summed E-state index contributed by atoms with van der Waals surface area (Å²) in [5, 5.41) is 3.01. The van der Waals surface area contributed by atoms with Crippen molar-refractivity contribution < 1.29 is 13.9 Å².